The van der Waals surface area contributed by atoms with Crippen molar-refractivity contribution in [3.8, 4) is 55.6 Å². The highest BCUT2D eigenvalue weighted by Crippen LogP contribution is 2.46. The third-order valence-corrected chi connectivity index (χ3v) is 10.3. The van der Waals surface area contributed by atoms with Crippen molar-refractivity contribution in [1.29, 1.82) is 0 Å². The molecule has 0 aliphatic carbocycles. The van der Waals surface area contributed by atoms with Gasteiger partial charge in [0.25, 0.3) is 0 Å². The predicted octanol–water partition coefficient (Wildman–Crippen LogP) is 14.2. The molecule has 0 unspecified atom stereocenters. The average molecular weight is 649 g/mol. The van der Waals surface area contributed by atoms with E-state index in [9.17, 15) is 0 Å². The zero-order valence-corrected chi connectivity index (χ0v) is 27.9. The molecule has 0 fully saturated rings. The van der Waals surface area contributed by atoms with Gasteiger partial charge in [-0.05, 0) is 89.8 Å². The second-order valence-electron chi connectivity index (χ2n) is 13.2. The second kappa shape index (κ2) is 12.0. The van der Waals surface area contributed by atoms with Gasteiger partial charge in [-0.25, -0.2) is 0 Å². The van der Waals surface area contributed by atoms with E-state index in [1.54, 1.807) is 0 Å². The summed E-state index contributed by atoms with van der Waals surface area (Å²) in [5.41, 5.74) is 13.9. The van der Waals surface area contributed by atoms with E-state index in [1.807, 2.05) is 6.07 Å². The lowest BCUT2D eigenvalue weighted by Crippen LogP contribution is -1.91. The van der Waals surface area contributed by atoms with Crippen molar-refractivity contribution in [3.05, 3.63) is 194 Å². The Bertz CT molecular complexity index is 2820. The summed E-state index contributed by atoms with van der Waals surface area (Å²) in [5, 5.41) is 7.30. The summed E-state index contributed by atoms with van der Waals surface area (Å²) in [4.78, 5) is 0. The number of hydrogen-bond donors (Lipinski definition) is 0. The monoisotopic (exact) mass is 648 g/mol. The number of fused-ring (bicyclic) bond motifs is 5. The molecule has 0 N–H and O–H groups in total. The van der Waals surface area contributed by atoms with Crippen LogP contribution in [0.5, 0.6) is 0 Å². The van der Waals surface area contributed by atoms with Crippen molar-refractivity contribution in [2.75, 3.05) is 0 Å². The Morgan fingerprint density at radius 1 is 0.255 bits per heavy atom. The summed E-state index contributed by atoms with van der Waals surface area (Å²) < 4.78 is 6.44. The molecule has 0 radical (unpaired) electrons. The van der Waals surface area contributed by atoms with Gasteiger partial charge in [-0.1, -0.05) is 176 Å². The Labute approximate surface area is 296 Å². The van der Waals surface area contributed by atoms with Gasteiger partial charge in [0.15, 0.2) is 0 Å². The summed E-state index contributed by atoms with van der Waals surface area (Å²) in [5.74, 6) is 0. The van der Waals surface area contributed by atoms with Crippen LogP contribution in [0, 0.1) is 0 Å². The Morgan fingerprint density at radius 2 is 0.706 bits per heavy atom. The van der Waals surface area contributed by atoms with Crippen LogP contribution in [-0.4, -0.2) is 0 Å². The van der Waals surface area contributed by atoms with E-state index in [0.29, 0.717) is 0 Å². The van der Waals surface area contributed by atoms with Crippen LogP contribution in [0.2, 0.25) is 0 Å². The maximum absolute atomic E-state index is 6.44. The third-order valence-electron chi connectivity index (χ3n) is 10.3. The summed E-state index contributed by atoms with van der Waals surface area (Å²) in [7, 11) is 0. The minimum absolute atomic E-state index is 0.895. The fraction of sp³-hybridized carbons (Fsp3) is 0. The van der Waals surface area contributed by atoms with Gasteiger partial charge in [-0.3, -0.25) is 0 Å². The SMILES string of the molecule is c1ccc(-c2cccc(-c3ccc4oc5ccccc5c4c3-c3ccc(-c4c5ccccc5c(-c5ccccc5)c5ccccc45)cc3)c2)cc1. The molecule has 238 valence electrons. The van der Waals surface area contributed by atoms with Gasteiger partial charge in [0.2, 0.25) is 0 Å². The molecule has 1 aromatic heterocycles. The topological polar surface area (TPSA) is 13.1 Å². The maximum Gasteiger partial charge on any atom is 0.136 e. The third kappa shape index (κ3) is 4.86. The van der Waals surface area contributed by atoms with Gasteiger partial charge in [0.05, 0.1) is 0 Å². The number of rotatable bonds is 5. The summed E-state index contributed by atoms with van der Waals surface area (Å²) in [6, 6.07) is 69.9. The predicted molar refractivity (Wildman–Crippen MR) is 216 cm³/mol. The molecule has 0 aliphatic heterocycles. The Hall–Kier alpha value is -6.70. The first-order valence-corrected chi connectivity index (χ1v) is 17.5. The van der Waals surface area contributed by atoms with Gasteiger partial charge in [0, 0.05) is 16.3 Å². The van der Waals surface area contributed by atoms with Crippen LogP contribution >= 0.6 is 0 Å². The molecular weight excluding hydrogens is 617 g/mol. The summed E-state index contributed by atoms with van der Waals surface area (Å²) >= 11 is 0. The van der Waals surface area contributed by atoms with Crippen LogP contribution in [0.4, 0.5) is 0 Å². The van der Waals surface area contributed by atoms with E-state index in [-0.39, 0.29) is 0 Å². The Kier molecular flexibility index (Phi) is 6.89. The van der Waals surface area contributed by atoms with Gasteiger partial charge in [-0.15, -0.1) is 0 Å². The molecule has 51 heavy (non-hydrogen) atoms. The van der Waals surface area contributed by atoms with Gasteiger partial charge in [0.1, 0.15) is 11.2 Å². The zero-order valence-electron chi connectivity index (χ0n) is 27.9. The molecule has 1 nitrogen and oxygen atoms in total. The highest BCUT2D eigenvalue weighted by atomic mass is 16.3. The van der Waals surface area contributed by atoms with E-state index in [1.165, 1.54) is 71.6 Å². The normalized spacial score (nSPS) is 11.5. The van der Waals surface area contributed by atoms with Crippen LogP contribution in [0.3, 0.4) is 0 Å². The van der Waals surface area contributed by atoms with Crippen LogP contribution in [0.25, 0.3) is 99.1 Å². The molecular formula is C50H32O. The van der Waals surface area contributed by atoms with E-state index in [2.05, 4.69) is 188 Å². The van der Waals surface area contributed by atoms with Crippen LogP contribution in [0.15, 0.2) is 199 Å². The second-order valence-corrected chi connectivity index (χ2v) is 13.2. The van der Waals surface area contributed by atoms with Crippen LogP contribution < -0.4 is 0 Å². The average Bonchev–Trinajstić information content (AvgIpc) is 3.59. The number of furan rings is 1. The molecule has 0 saturated heterocycles. The van der Waals surface area contributed by atoms with Crippen molar-refractivity contribution in [2.24, 2.45) is 0 Å². The van der Waals surface area contributed by atoms with Crippen molar-refractivity contribution >= 4 is 43.5 Å². The van der Waals surface area contributed by atoms with Gasteiger partial charge >= 0.3 is 0 Å². The lowest BCUT2D eigenvalue weighted by Gasteiger charge is -2.18. The van der Waals surface area contributed by atoms with Gasteiger partial charge in [-0.2, -0.15) is 0 Å². The van der Waals surface area contributed by atoms with Crippen molar-refractivity contribution in [3.63, 3.8) is 0 Å². The molecule has 0 spiro atoms. The number of benzene rings is 9. The first kappa shape index (κ1) is 29.2. The highest BCUT2D eigenvalue weighted by molar-refractivity contribution is 6.21. The van der Waals surface area contributed by atoms with E-state index in [4.69, 9.17) is 4.42 Å². The Balaban J connectivity index is 1.20. The minimum atomic E-state index is 0.895. The van der Waals surface area contributed by atoms with Crippen molar-refractivity contribution < 1.29 is 4.42 Å². The molecule has 9 aromatic carbocycles. The lowest BCUT2D eigenvalue weighted by atomic mass is 9.85. The molecule has 1 heteroatoms. The number of hydrogen-bond acceptors (Lipinski definition) is 1. The highest BCUT2D eigenvalue weighted by Gasteiger charge is 2.20. The maximum atomic E-state index is 6.44. The zero-order chi connectivity index (χ0) is 33.7. The van der Waals surface area contributed by atoms with Crippen molar-refractivity contribution in [1.82, 2.24) is 0 Å². The summed E-state index contributed by atoms with van der Waals surface area (Å²) in [6.07, 6.45) is 0. The fourth-order valence-corrected chi connectivity index (χ4v) is 8.01. The van der Waals surface area contributed by atoms with Crippen LogP contribution in [0.1, 0.15) is 0 Å². The molecule has 0 saturated carbocycles. The molecule has 10 aromatic rings. The minimum Gasteiger partial charge on any atom is -0.456 e. The summed E-state index contributed by atoms with van der Waals surface area (Å²) in [6.45, 7) is 0. The van der Waals surface area contributed by atoms with Crippen LogP contribution in [-0.2, 0) is 0 Å². The van der Waals surface area contributed by atoms with E-state index in [0.717, 1.165) is 27.5 Å². The fourth-order valence-electron chi connectivity index (χ4n) is 8.01. The van der Waals surface area contributed by atoms with Gasteiger partial charge < -0.3 is 4.42 Å². The standard InChI is InChI=1S/C50H32O/c1-3-14-33(15-4-1)37-18-13-19-38(32-37)39-30-31-46-50(44-24-11-12-25-45(44)51-46)49(39)36-28-26-35(27-29-36)48-42-22-9-7-20-40(42)47(34-16-5-2-6-17-34)41-21-8-10-23-43(41)48/h1-32H. The first-order chi connectivity index (χ1) is 25.3. The first-order valence-electron chi connectivity index (χ1n) is 17.5. The molecule has 0 bridgehead atoms. The largest absolute Gasteiger partial charge is 0.456 e. The lowest BCUT2D eigenvalue weighted by molar-refractivity contribution is 0.669. The van der Waals surface area contributed by atoms with E-state index >= 15 is 0 Å². The molecule has 0 aliphatic rings. The smallest absolute Gasteiger partial charge is 0.136 e. The Morgan fingerprint density at radius 3 is 1.31 bits per heavy atom. The molecule has 0 atom stereocenters. The molecule has 1 heterocycles. The van der Waals surface area contributed by atoms with Crippen molar-refractivity contribution in [2.45, 2.75) is 0 Å². The number of para-hydroxylation sites is 1. The quantitative estimate of drug-likeness (QED) is 0.169. The molecule has 10 rings (SSSR count). The van der Waals surface area contributed by atoms with E-state index < -0.39 is 0 Å². The molecule has 0 amide bonds.